The smallest absolute Gasteiger partial charge is 0.125 e. The number of hydrogen-bond acceptors (Lipinski definition) is 2. The quantitative estimate of drug-likeness (QED) is 0.562. The highest BCUT2D eigenvalue weighted by molar-refractivity contribution is 5.34. The Hall–Kier alpha value is -1.05. The van der Waals surface area contributed by atoms with Gasteiger partial charge in [-0.1, -0.05) is 6.92 Å². The van der Waals surface area contributed by atoms with Gasteiger partial charge in [0.05, 0.1) is 6.61 Å². The van der Waals surface area contributed by atoms with Crippen LogP contribution in [-0.2, 0) is 0 Å². The van der Waals surface area contributed by atoms with Gasteiger partial charge < -0.3 is 4.74 Å². The fourth-order valence-corrected chi connectivity index (χ4v) is 1.40. The van der Waals surface area contributed by atoms with Crippen LogP contribution in [0.3, 0.4) is 0 Å². The average Bonchev–Trinajstić information content (AvgIpc) is 2.06. The van der Waals surface area contributed by atoms with Crippen molar-refractivity contribution < 1.29 is 4.74 Å². The van der Waals surface area contributed by atoms with E-state index in [0.29, 0.717) is 5.92 Å². The summed E-state index contributed by atoms with van der Waals surface area (Å²) in [7, 11) is 0. The lowest BCUT2D eigenvalue weighted by atomic mass is 9.97. The molecule has 0 saturated heterocycles. The van der Waals surface area contributed by atoms with Crippen molar-refractivity contribution in [3.05, 3.63) is 24.0 Å². The van der Waals surface area contributed by atoms with Gasteiger partial charge in [0.1, 0.15) is 5.75 Å². The van der Waals surface area contributed by atoms with Gasteiger partial charge in [-0.3, -0.25) is 4.98 Å². The third-order valence-corrected chi connectivity index (χ3v) is 2.15. The fraction of sp³-hybridized carbons (Fsp3) is 0.444. The first-order valence-corrected chi connectivity index (χ1v) is 3.94. The summed E-state index contributed by atoms with van der Waals surface area (Å²) in [6, 6.07) is 1.94. The molecule has 1 aromatic heterocycles. The third kappa shape index (κ3) is 1.09. The third-order valence-electron chi connectivity index (χ3n) is 2.15. The molecule has 1 aliphatic heterocycles. The van der Waals surface area contributed by atoms with Gasteiger partial charge in [0.15, 0.2) is 0 Å². The number of rotatable bonds is 0. The lowest BCUT2D eigenvalue weighted by Gasteiger charge is -2.21. The molecule has 2 rings (SSSR count). The van der Waals surface area contributed by atoms with Gasteiger partial charge >= 0.3 is 0 Å². The van der Waals surface area contributed by atoms with Crippen LogP contribution in [0.15, 0.2) is 18.5 Å². The summed E-state index contributed by atoms with van der Waals surface area (Å²) in [5.74, 6) is 1.62. The van der Waals surface area contributed by atoms with Crippen molar-refractivity contribution in [1.82, 2.24) is 4.98 Å². The predicted molar refractivity (Wildman–Crippen MR) is 42.8 cm³/mol. The molecule has 0 unspecified atom stereocenters. The normalized spacial score (nSPS) is 22.1. The minimum Gasteiger partial charge on any atom is -0.493 e. The van der Waals surface area contributed by atoms with E-state index >= 15 is 0 Å². The van der Waals surface area contributed by atoms with Crippen LogP contribution in [0.4, 0.5) is 0 Å². The molecule has 0 bridgehead atoms. The molecule has 1 atom stereocenters. The van der Waals surface area contributed by atoms with Crippen LogP contribution in [-0.4, -0.2) is 11.6 Å². The maximum absolute atomic E-state index is 5.45. The molecule has 0 aromatic carbocycles. The Labute approximate surface area is 66.2 Å². The molecule has 0 radical (unpaired) electrons. The van der Waals surface area contributed by atoms with Crippen LogP contribution in [0.5, 0.6) is 5.75 Å². The number of pyridine rings is 1. The van der Waals surface area contributed by atoms with Crippen molar-refractivity contribution in [3.8, 4) is 5.75 Å². The molecular weight excluding hydrogens is 138 g/mol. The van der Waals surface area contributed by atoms with Crippen molar-refractivity contribution in [1.29, 1.82) is 0 Å². The highest BCUT2D eigenvalue weighted by atomic mass is 16.5. The van der Waals surface area contributed by atoms with E-state index in [4.69, 9.17) is 4.74 Å². The predicted octanol–water partition coefficient (Wildman–Crippen LogP) is 1.97. The topological polar surface area (TPSA) is 22.1 Å². The van der Waals surface area contributed by atoms with E-state index in [1.807, 2.05) is 12.3 Å². The zero-order valence-electron chi connectivity index (χ0n) is 6.58. The Morgan fingerprint density at radius 3 is 3.36 bits per heavy atom. The molecule has 0 fully saturated rings. The zero-order valence-corrected chi connectivity index (χ0v) is 6.58. The van der Waals surface area contributed by atoms with E-state index in [-0.39, 0.29) is 0 Å². The Bertz CT molecular complexity index is 259. The molecule has 0 amide bonds. The lowest BCUT2D eigenvalue weighted by Crippen LogP contribution is -2.11. The van der Waals surface area contributed by atoms with E-state index in [1.54, 1.807) is 6.20 Å². The number of aromatic nitrogens is 1. The fourth-order valence-electron chi connectivity index (χ4n) is 1.40. The molecule has 0 spiro atoms. The Morgan fingerprint density at radius 1 is 1.64 bits per heavy atom. The van der Waals surface area contributed by atoms with Crippen molar-refractivity contribution in [2.24, 2.45) is 0 Å². The SMILES string of the molecule is C[C@@H]1CCOc2ccncc21. The molecule has 1 aliphatic rings. The molecule has 2 heteroatoms. The minimum absolute atomic E-state index is 0.604. The van der Waals surface area contributed by atoms with Crippen LogP contribution in [0.1, 0.15) is 24.8 Å². The Kier molecular flexibility index (Phi) is 1.53. The highest BCUT2D eigenvalue weighted by Gasteiger charge is 2.16. The number of fused-ring (bicyclic) bond motifs is 1. The molecule has 11 heavy (non-hydrogen) atoms. The second kappa shape index (κ2) is 2.53. The largest absolute Gasteiger partial charge is 0.493 e. The van der Waals surface area contributed by atoms with Crippen molar-refractivity contribution in [2.45, 2.75) is 19.3 Å². The highest BCUT2D eigenvalue weighted by Crippen LogP contribution is 2.31. The Morgan fingerprint density at radius 2 is 2.55 bits per heavy atom. The summed E-state index contributed by atoms with van der Waals surface area (Å²) in [6.07, 6.45) is 4.79. The summed E-state index contributed by atoms with van der Waals surface area (Å²) < 4.78 is 5.45. The van der Waals surface area contributed by atoms with Gasteiger partial charge in [-0.2, -0.15) is 0 Å². The first-order chi connectivity index (χ1) is 5.38. The molecule has 0 aliphatic carbocycles. The molecule has 0 N–H and O–H groups in total. The molecular formula is C9H11NO. The second-order valence-corrected chi connectivity index (χ2v) is 2.95. The van der Waals surface area contributed by atoms with Gasteiger partial charge in [0.2, 0.25) is 0 Å². The maximum Gasteiger partial charge on any atom is 0.125 e. The van der Waals surface area contributed by atoms with Gasteiger partial charge in [-0.05, 0) is 18.4 Å². The average molecular weight is 149 g/mol. The summed E-state index contributed by atoms with van der Waals surface area (Å²) in [5.41, 5.74) is 1.25. The molecule has 0 saturated carbocycles. The lowest BCUT2D eigenvalue weighted by molar-refractivity contribution is 0.271. The van der Waals surface area contributed by atoms with Gasteiger partial charge in [0, 0.05) is 18.0 Å². The van der Waals surface area contributed by atoms with Crippen LogP contribution in [0.25, 0.3) is 0 Å². The van der Waals surface area contributed by atoms with Crippen molar-refractivity contribution >= 4 is 0 Å². The molecule has 58 valence electrons. The molecule has 2 heterocycles. The van der Waals surface area contributed by atoms with Gasteiger partial charge in [0.25, 0.3) is 0 Å². The van der Waals surface area contributed by atoms with Crippen molar-refractivity contribution in [2.75, 3.05) is 6.61 Å². The monoisotopic (exact) mass is 149 g/mol. The van der Waals surface area contributed by atoms with Crippen LogP contribution >= 0.6 is 0 Å². The Balaban J connectivity index is 2.44. The first-order valence-electron chi connectivity index (χ1n) is 3.94. The standard InChI is InChI=1S/C9H11NO/c1-7-3-5-11-9-2-4-10-6-8(7)9/h2,4,6-7H,3,5H2,1H3/t7-/m1/s1. The van der Waals surface area contributed by atoms with E-state index in [1.165, 1.54) is 5.56 Å². The number of hydrogen-bond donors (Lipinski definition) is 0. The maximum atomic E-state index is 5.45. The number of nitrogens with zero attached hydrogens (tertiary/aromatic N) is 1. The minimum atomic E-state index is 0.604. The van der Waals surface area contributed by atoms with E-state index < -0.39 is 0 Å². The van der Waals surface area contributed by atoms with Crippen molar-refractivity contribution in [3.63, 3.8) is 0 Å². The molecule has 1 aromatic rings. The molecule has 2 nitrogen and oxygen atoms in total. The van der Waals surface area contributed by atoms with Gasteiger partial charge in [-0.15, -0.1) is 0 Å². The zero-order chi connectivity index (χ0) is 7.68. The van der Waals surface area contributed by atoms with Crippen LogP contribution in [0, 0.1) is 0 Å². The second-order valence-electron chi connectivity index (χ2n) is 2.95. The summed E-state index contributed by atoms with van der Waals surface area (Å²) >= 11 is 0. The summed E-state index contributed by atoms with van der Waals surface area (Å²) in [6.45, 7) is 3.06. The van der Waals surface area contributed by atoms with Gasteiger partial charge in [-0.25, -0.2) is 0 Å². The van der Waals surface area contributed by atoms with E-state index in [2.05, 4.69) is 11.9 Å². The summed E-state index contributed by atoms with van der Waals surface area (Å²) in [5, 5.41) is 0. The van der Waals surface area contributed by atoms with E-state index in [0.717, 1.165) is 18.8 Å². The first kappa shape index (κ1) is 6.65. The van der Waals surface area contributed by atoms with Crippen LogP contribution < -0.4 is 4.74 Å². The van der Waals surface area contributed by atoms with E-state index in [9.17, 15) is 0 Å². The van der Waals surface area contributed by atoms with Crippen LogP contribution in [0.2, 0.25) is 0 Å². The summed E-state index contributed by atoms with van der Waals surface area (Å²) in [4.78, 5) is 4.07. The number of ether oxygens (including phenoxy) is 1.